The number of carbonyl (C=O) groups excluding carboxylic acids is 3. The van der Waals surface area contributed by atoms with Crippen molar-refractivity contribution in [2.75, 3.05) is 19.8 Å². The second-order valence-electron chi connectivity index (χ2n) is 7.39. The lowest BCUT2D eigenvalue weighted by atomic mass is 10.1. The predicted octanol–water partition coefficient (Wildman–Crippen LogP) is 1.49. The Bertz CT molecular complexity index is 756. The molecule has 2 atom stereocenters. The van der Waals surface area contributed by atoms with Crippen LogP contribution in [0.25, 0.3) is 0 Å². The van der Waals surface area contributed by atoms with Gasteiger partial charge in [-0.2, -0.15) is 5.26 Å². The highest BCUT2D eigenvalue weighted by Crippen LogP contribution is 2.59. The van der Waals surface area contributed by atoms with Gasteiger partial charge in [0.05, 0.1) is 18.6 Å². The van der Waals surface area contributed by atoms with Gasteiger partial charge in [0, 0.05) is 5.92 Å². The molecular formula is C19H23N3O5. The summed E-state index contributed by atoms with van der Waals surface area (Å²) in [6.07, 6.45) is 6.64. The summed E-state index contributed by atoms with van der Waals surface area (Å²) in [7, 11) is 0. The summed E-state index contributed by atoms with van der Waals surface area (Å²) in [4.78, 5) is 38.4. The van der Waals surface area contributed by atoms with Crippen molar-refractivity contribution >= 4 is 17.9 Å². The smallest absolute Gasteiger partial charge is 0.330 e. The van der Waals surface area contributed by atoms with Crippen molar-refractivity contribution in [1.82, 2.24) is 9.80 Å². The Morgan fingerprint density at radius 3 is 2.67 bits per heavy atom. The zero-order valence-electron chi connectivity index (χ0n) is 15.9. The molecule has 1 aliphatic carbocycles. The van der Waals surface area contributed by atoms with Crippen LogP contribution in [0.15, 0.2) is 11.8 Å². The fraction of sp³-hybridized carbons (Fsp3) is 0.579. The first-order valence-electron chi connectivity index (χ1n) is 8.61. The van der Waals surface area contributed by atoms with Gasteiger partial charge in [0.15, 0.2) is 12.5 Å². The Labute approximate surface area is 158 Å². The van der Waals surface area contributed by atoms with Crippen molar-refractivity contribution in [3.8, 4) is 18.4 Å². The summed E-state index contributed by atoms with van der Waals surface area (Å²) >= 11 is 0. The maximum Gasteiger partial charge on any atom is 0.330 e. The minimum absolute atomic E-state index is 0.0182. The number of rotatable bonds is 7. The van der Waals surface area contributed by atoms with Gasteiger partial charge in [-0.05, 0) is 25.3 Å². The number of allylic oxidation sites excluding steroid dienone is 2. The summed E-state index contributed by atoms with van der Waals surface area (Å²) in [5.74, 6) is 0.766. The quantitative estimate of drug-likeness (QED) is 0.220. The summed E-state index contributed by atoms with van der Waals surface area (Å²) in [6.45, 7) is 6.82. The van der Waals surface area contributed by atoms with Gasteiger partial charge in [-0.25, -0.2) is 9.69 Å². The molecule has 1 aliphatic heterocycles. The fourth-order valence-corrected chi connectivity index (χ4v) is 3.13. The second kappa shape index (κ2) is 7.71. The third-order valence-corrected chi connectivity index (χ3v) is 4.72. The van der Waals surface area contributed by atoms with Crippen LogP contribution in [0.4, 0.5) is 4.79 Å². The Morgan fingerprint density at radius 2 is 2.11 bits per heavy atom. The van der Waals surface area contributed by atoms with Gasteiger partial charge in [0.25, 0.3) is 5.91 Å². The Morgan fingerprint density at radius 1 is 1.44 bits per heavy atom. The Kier molecular flexibility index (Phi) is 5.80. The highest BCUT2D eigenvalue weighted by molar-refractivity contribution is 6.02. The number of carbonyl (C=O) groups is 3. The van der Waals surface area contributed by atoms with Crippen LogP contribution in [0, 0.1) is 40.9 Å². The van der Waals surface area contributed by atoms with E-state index in [2.05, 4.69) is 5.92 Å². The summed E-state index contributed by atoms with van der Waals surface area (Å²) in [6, 6.07) is 1.40. The number of esters is 1. The zero-order valence-corrected chi connectivity index (χ0v) is 15.9. The number of nitrogens with zero attached hydrogens (tertiary/aromatic N) is 3. The molecule has 3 amide bonds. The summed E-state index contributed by atoms with van der Waals surface area (Å²) in [5, 5.41) is 9.16. The maximum atomic E-state index is 12.4. The molecule has 1 saturated heterocycles. The number of nitriles is 1. The van der Waals surface area contributed by atoms with Crippen LogP contribution in [0.1, 0.15) is 27.7 Å². The van der Waals surface area contributed by atoms with Crippen molar-refractivity contribution in [2.45, 2.75) is 33.8 Å². The topological polar surface area (TPSA) is 99.9 Å². The number of terminal acetylenes is 1. The number of ether oxygens (including phenoxy) is 2. The molecule has 27 heavy (non-hydrogen) atoms. The van der Waals surface area contributed by atoms with Gasteiger partial charge < -0.3 is 14.4 Å². The number of urea groups is 1. The van der Waals surface area contributed by atoms with E-state index in [1.807, 2.05) is 33.8 Å². The van der Waals surface area contributed by atoms with E-state index in [-0.39, 0.29) is 30.9 Å². The lowest BCUT2D eigenvalue weighted by Crippen LogP contribution is -2.36. The average molecular weight is 373 g/mol. The van der Waals surface area contributed by atoms with Crippen molar-refractivity contribution in [1.29, 1.82) is 5.26 Å². The molecule has 2 fully saturated rings. The summed E-state index contributed by atoms with van der Waals surface area (Å²) in [5.41, 5.74) is -0.409. The normalized spacial score (nSPS) is 23.9. The van der Waals surface area contributed by atoms with Crippen LogP contribution in [0.3, 0.4) is 0 Å². The molecule has 2 aliphatic rings. The predicted molar refractivity (Wildman–Crippen MR) is 94.3 cm³/mol. The zero-order chi connectivity index (χ0) is 20.4. The van der Waals surface area contributed by atoms with Crippen LogP contribution in [-0.4, -0.2) is 53.6 Å². The van der Waals surface area contributed by atoms with Crippen LogP contribution < -0.4 is 0 Å². The third kappa shape index (κ3) is 4.22. The Hall–Kier alpha value is -3.00. The van der Waals surface area contributed by atoms with Crippen molar-refractivity contribution < 1.29 is 23.9 Å². The lowest BCUT2D eigenvalue weighted by Gasteiger charge is -2.15. The molecule has 0 spiro atoms. The monoisotopic (exact) mass is 373 g/mol. The van der Waals surface area contributed by atoms with Crippen LogP contribution >= 0.6 is 0 Å². The molecular weight excluding hydrogens is 350 g/mol. The third-order valence-electron chi connectivity index (χ3n) is 4.72. The second-order valence-corrected chi connectivity index (χ2v) is 7.39. The first kappa shape index (κ1) is 20.3. The molecule has 0 aromatic heterocycles. The molecule has 0 aromatic carbocycles. The first-order chi connectivity index (χ1) is 12.6. The van der Waals surface area contributed by atoms with E-state index in [0.29, 0.717) is 0 Å². The number of hydrogen-bond donors (Lipinski definition) is 0. The molecule has 1 saturated carbocycles. The van der Waals surface area contributed by atoms with E-state index >= 15 is 0 Å². The van der Waals surface area contributed by atoms with E-state index in [0.717, 1.165) is 4.90 Å². The van der Waals surface area contributed by atoms with Crippen LogP contribution in [0.5, 0.6) is 0 Å². The van der Waals surface area contributed by atoms with Gasteiger partial charge in [-0.15, -0.1) is 6.42 Å². The van der Waals surface area contributed by atoms with E-state index in [4.69, 9.17) is 21.2 Å². The number of hydrogen-bond acceptors (Lipinski definition) is 6. The minimum Gasteiger partial charge on any atom is -0.481 e. The lowest BCUT2D eigenvalue weighted by molar-refractivity contribution is -0.151. The molecule has 0 N–H and O–H groups in total. The van der Waals surface area contributed by atoms with E-state index in [9.17, 15) is 14.4 Å². The highest BCUT2D eigenvalue weighted by atomic mass is 16.5. The van der Waals surface area contributed by atoms with Gasteiger partial charge in [0.2, 0.25) is 0 Å². The molecule has 144 valence electrons. The van der Waals surface area contributed by atoms with Gasteiger partial charge in [-0.3, -0.25) is 9.59 Å². The molecule has 2 rings (SSSR count). The van der Waals surface area contributed by atoms with Gasteiger partial charge in [-0.1, -0.05) is 19.8 Å². The van der Waals surface area contributed by atoms with Crippen molar-refractivity contribution in [3.05, 3.63) is 11.8 Å². The average Bonchev–Trinajstić information content (AvgIpc) is 3.01. The van der Waals surface area contributed by atoms with Crippen LogP contribution in [0.2, 0.25) is 0 Å². The molecule has 8 heteroatoms. The maximum absolute atomic E-state index is 12.4. The van der Waals surface area contributed by atoms with E-state index in [1.165, 1.54) is 4.90 Å². The minimum atomic E-state index is -0.575. The SMILES string of the molecule is C#CCN1CC(=O)N(COC(=O)[C@@H]2[C@@H](C=C(C#N)OC(C)C)C2(C)C)C1=O. The molecule has 8 nitrogen and oxygen atoms in total. The summed E-state index contributed by atoms with van der Waals surface area (Å²) < 4.78 is 10.6. The number of imide groups is 1. The molecule has 0 radical (unpaired) electrons. The van der Waals surface area contributed by atoms with Gasteiger partial charge >= 0.3 is 12.0 Å². The van der Waals surface area contributed by atoms with E-state index in [1.54, 1.807) is 6.08 Å². The molecule has 0 aromatic rings. The van der Waals surface area contributed by atoms with Gasteiger partial charge in [0.1, 0.15) is 12.6 Å². The first-order valence-corrected chi connectivity index (χ1v) is 8.61. The molecule has 1 heterocycles. The molecule has 0 unspecified atom stereocenters. The Balaban J connectivity index is 1.98. The highest BCUT2D eigenvalue weighted by Gasteiger charge is 2.62. The van der Waals surface area contributed by atoms with E-state index < -0.39 is 36.0 Å². The van der Waals surface area contributed by atoms with Crippen molar-refractivity contribution in [2.24, 2.45) is 17.3 Å². The van der Waals surface area contributed by atoms with Crippen LogP contribution in [-0.2, 0) is 19.1 Å². The number of amides is 3. The largest absolute Gasteiger partial charge is 0.481 e. The van der Waals surface area contributed by atoms with Crippen molar-refractivity contribution in [3.63, 3.8) is 0 Å². The molecule has 0 bridgehead atoms. The standard InChI is InChI=1S/C19H23N3O5/c1-6-7-21-10-15(23)22(18(21)25)11-26-17(24)16-14(19(16,4)5)8-13(9-20)27-12(2)3/h1,8,12,14,16H,7,10-11H2,2-5H3/t14-,16+/m1/s1. The fourth-order valence-electron chi connectivity index (χ4n) is 3.13.